The summed E-state index contributed by atoms with van der Waals surface area (Å²) >= 11 is 0. The Bertz CT molecular complexity index is 639. The first-order valence-corrected chi connectivity index (χ1v) is 8.31. The minimum atomic E-state index is -0.844. The Hall–Kier alpha value is -1.84. The topological polar surface area (TPSA) is 57.6 Å². The van der Waals surface area contributed by atoms with Gasteiger partial charge in [-0.15, -0.1) is 0 Å². The maximum atomic E-state index is 12.9. The van der Waals surface area contributed by atoms with Crippen LogP contribution in [0.1, 0.15) is 47.2 Å². The van der Waals surface area contributed by atoms with Crippen LogP contribution in [0.2, 0.25) is 0 Å². The van der Waals surface area contributed by atoms with Gasteiger partial charge in [0.15, 0.2) is 0 Å². The fourth-order valence-corrected chi connectivity index (χ4v) is 4.70. The molecule has 1 heterocycles. The fraction of sp³-hybridized carbons (Fsp3) is 0.556. The van der Waals surface area contributed by atoms with Gasteiger partial charge < -0.3 is 10.0 Å². The quantitative estimate of drug-likeness (QED) is 0.913. The highest BCUT2D eigenvalue weighted by Gasteiger charge is 2.49. The van der Waals surface area contributed by atoms with Crippen molar-refractivity contribution in [1.29, 1.82) is 0 Å². The number of hydrogen-bond acceptors (Lipinski definition) is 2. The molecular weight excluding hydrogens is 278 g/mol. The number of aryl methyl sites for hydroxylation is 2. The Labute approximate surface area is 130 Å². The highest BCUT2D eigenvalue weighted by molar-refractivity contribution is 5.97. The first-order chi connectivity index (χ1) is 10.6. The van der Waals surface area contributed by atoms with Gasteiger partial charge in [-0.2, -0.15) is 0 Å². The molecule has 4 heteroatoms. The van der Waals surface area contributed by atoms with E-state index in [1.165, 1.54) is 11.1 Å². The molecule has 0 spiro atoms. The van der Waals surface area contributed by atoms with Crippen LogP contribution in [0.3, 0.4) is 0 Å². The number of carbonyl (C=O) groups is 2. The van der Waals surface area contributed by atoms with Crippen molar-refractivity contribution in [1.82, 2.24) is 4.90 Å². The normalized spacial score (nSPS) is 29.5. The summed E-state index contributed by atoms with van der Waals surface area (Å²) in [6, 6.07) is 5.27. The number of aliphatic carboxylic acids is 1. The second-order valence-electron chi connectivity index (χ2n) is 6.93. The standard InChI is InChI=1S/C18H21NO3/c20-17(13-8-7-11-3-1-4-12(11)9-13)19-10-14-5-2-6-15(14)16(19)18(21)22/h7-9,14-16H,1-6,10H2,(H,21,22). The van der Waals surface area contributed by atoms with E-state index in [0.717, 1.165) is 38.5 Å². The average Bonchev–Trinajstić information content (AvgIpc) is 3.19. The van der Waals surface area contributed by atoms with Gasteiger partial charge in [-0.1, -0.05) is 12.5 Å². The molecule has 4 rings (SSSR count). The summed E-state index contributed by atoms with van der Waals surface area (Å²) in [6.07, 6.45) is 6.37. The average molecular weight is 299 g/mol. The zero-order chi connectivity index (χ0) is 15.3. The first kappa shape index (κ1) is 13.8. The van der Waals surface area contributed by atoms with Crippen LogP contribution in [0, 0.1) is 11.8 Å². The van der Waals surface area contributed by atoms with Gasteiger partial charge >= 0.3 is 5.97 Å². The van der Waals surface area contributed by atoms with Crippen LogP contribution >= 0.6 is 0 Å². The number of likely N-dealkylation sites (tertiary alicyclic amines) is 1. The second kappa shape index (κ2) is 5.11. The molecule has 1 N–H and O–H groups in total. The number of carboxylic acid groups (broad SMARTS) is 1. The van der Waals surface area contributed by atoms with E-state index in [1.807, 2.05) is 18.2 Å². The minimum Gasteiger partial charge on any atom is -0.480 e. The number of carbonyl (C=O) groups excluding carboxylic acids is 1. The monoisotopic (exact) mass is 299 g/mol. The van der Waals surface area contributed by atoms with Crippen molar-refractivity contribution in [2.45, 2.75) is 44.6 Å². The minimum absolute atomic E-state index is 0.100. The lowest BCUT2D eigenvalue weighted by Crippen LogP contribution is -2.43. The van der Waals surface area contributed by atoms with E-state index in [1.54, 1.807) is 4.90 Å². The lowest BCUT2D eigenvalue weighted by atomic mass is 9.94. The summed E-state index contributed by atoms with van der Waals surface area (Å²) in [6.45, 7) is 0.609. The lowest BCUT2D eigenvalue weighted by Gasteiger charge is -2.24. The Morgan fingerprint density at radius 2 is 1.91 bits per heavy atom. The van der Waals surface area contributed by atoms with Crippen molar-refractivity contribution in [3.63, 3.8) is 0 Å². The van der Waals surface area contributed by atoms with Crippen LogP contribution in [0.15, 0.2) is 18.2 Å². The molecule has 1 amide bonds. The molecule has 4 nitrogen and oxygen atoms in total. The second-order valence-corrected chi connectivity index (χ2v) is 6.93. The molecule has 3 aliphatic rings. The number of nitrogens with zero attached hydrogens (tertiary/aromatic N) is 1. The van der Waals surface area contributed by atoms with Crippen LogP contribution < -0.4 is 0 Å². The maximum Gasteiger partial charge on any atom is 0.326 e. The molecule has 3 atom stereocenters. The highest BCUT2D eigenvalue weighted by atomic mass is 16.4. The van der Waals surface area contributed by atoms with Gasteiger partial charge in [0.1, 0.15) is 6.04 Å². The zero-order valence-corrected chi connectivity index (χ0v) is 12.6. The van der Waals surface area contributed by atoms with E-state index in [0.29, 0.717) is 18.0 Å². The lowest BCUT2D eigenvalue weighted by molar-refractivity contribution is -0.142. The smallest absolute Gasteiger partial charge is 0.326 e. The molecule has 1 saturated heterocycles. The van der Waals surface area contributed by atoms with Crippen LogP contribution in [0.5, 0.6) is 0 Å². The van der Waals surface area contributed by atoms with Crippen LogP contribution in [0.4, 0.5) is 0 Å². The van der Waals surface area contributed by atoms with Gasteiger partial charge in [0.25, 0.3) is 5.91 Å². The Morgan fingerprint density at radius 3 is 2.73 bits per heavy atom. The van der Waals surface area contributed by atoms with Crippen molar-refractivity contribution >= 4 is 11.9 Å². The number of benzene rings is 1. The summed E-state index contributed by atoms with van der Waals surface area (Å²) in [4.78, 5) is 26.2. The van der Waals surface area contributed by atoms with Crippen molar-refractivity contribution in [3.8, 4) is 0 Å². The predicted molar refractivity (Wildman–Crippen MR) is 81.8 cm³/mol. The SMILES string of the molecule is O=C(O)C1C2CCCC2CN1C(=O)c1ccc2c(c1)CCC2. The zero-order valence-electron chi connectivity index (χ0n) is 12.6. The van der Waals surface area contributed by atoms with Crippen LogP contribution in [0.25, 0.3) is 0 Å². The molecule has 116 valence electrons. The number of hydrogen-bond donors (Lipinski definition) is 1. The molecule has 22 heavy (non-hydrogen) atoms. The molecule has 1 aromatic carbocycles. The number of amides is 1. The molecule has 3 unspecified atom stereocenters. The van der Waals surface area contributed by atoms with Crippen molar-refractivity contribution in [3.05, 3.63) is 34.9 Å². The molecule has 1 aromatic rings. The van der Waals surface area contributed by atoms with Gasteiger partial charge in [-0.05, 0) is 67.2 Å². The molecule has 0 aromatic heterocycles. The third-order valence-corrected chi connectivity index (χ3v) is 5.75. The summed E-state index contributed by atoms with van der Waals surface area (Å²) < 4.78 is 0. The molecular formula is C18H21NO3. The summed E-state index contributed by atoms with van der Waals surface area (Å²) in [7, 11) is 0. The molecule has 2 aliphatic carbocycles. The van der Waals surface area contributed by atoms with Crippen molar-refractivity contribution in [2.24, 2.45) is 11.8 Å². The van der Waals surface area contributed by atoms with Gasteiger partial charge in [-0.25, -0.2) is 4.79 Å². The number of rotatable bonds is 2. The number of carboxylic acids is 1. The summed E-state index contributed by atoms with van der Waals surface area (Å²) in [5.41, 5.74) is 3.26. The molecule has 0 bridgehead atoms. The largest absolute Gasteiger partial charge is 0.480 e. The van der Waals surface area contributed by atoms with E-state index < -0.39 is 12.0 Å². The van der Waals surface area contributed by atoms with E-state index in [2.05, 4.69) is 0 Å². The molecule has 0 radical (unpaired) electrons. The van der Waals surface area contributed by atoms with Gasteiger partial charge in [0.05, 0.1) is 0 Å². The maximum absolute atomic E-state index is 12.9. The van der Waals surface area contributed by atoms with Crippen LogP contribution in [-0.4, -0.2) is 34.5 Å². The van der Waals surface area contributed by atoms with Gasteiger partial charge in [0, 0.05) is 12.1 Å². The van der Waals surface area contributed by atoms with E-state index in [9.17, 15) is 14.7 Å². The molecule has 2 fully saturated rings. The Kier molecular flexibility index (Phi) is 3.21. The first-order valence-electron chi connectivity index (χ1n) is 8.31. The van der Waals surface area contributed by atoms with Crippen LogP contribution in [-0.2, 0) is 17.6 Å². The fourth-order valence-electron chi connectivity index (χ4n) is 4.70. The third-order valence-electron chi connectivity index (χ3n) is 5.75. The van der Waals surface area contributed by atoms with E-state index in [-0.39, 0.29) is 11.8 Å². The van der Waals surface area contributed by atoms with Gasteiger partial charge in [-0.3, -0.25) is 4.79 Å². The Balaban J connectivity index is 1.63. The van der Waals surface area contributed by atoms with E-state index >= 15 is 0 Å². The Morgan fingerprint density at radius 1 is 1.09 bits per heavy atom. The molecule has 1 aliphatic heterocycles. The third kappa shape index (κ3) is 2.04. The van der Waals surface area contributed by atoms with Crippen molar-refractivity contribution in [2.75, 3.05) is 6.54 Å². The predicted octanol–water partition coefficient (Wildman–Crippen LogP) is 2.50. The molecule has 1 saturated carbocycles. The van der Waals surface area contributed by atoms with E-state index in [4.69, 9.17) is 0 Å². The summed E-state index contributed by atoms with van der Waals surface area (Å²) in [5, 5.41) is 9.59. The highest BCUT2D eigenvalue weighted by Crippen LogP contribution is 2.42. The number of fused-ring (bicyclic) bond motifs is 2. The van der Waals surface area contributed by atoms with Gasteiger partial charge in [0.2, 0.25) is 0 Å². The van der Waals surface area contributed by atoms with Crippen molar-refractivity contribution < 1.29 is 14.7 Å². The summed E-state index contributed by atoms with van der Waals surface area (Å²) in [5.74, 6) is -0.421.